The third-order valence-corrected chi connectivity index (χ3v) is 4.14. The van der Waals surface area contributed by atoms with Crippen molar-refractivity contribution in [1.29, 1.82) is 0 Å². The summed E-state index contributed by atoms with van der Waals surface area (Å²) in [5.41, 5.74) is 1.42. The van der Waals surface area contributed by atoms with Crippen LogP contribution in [0, 0.1) is 0 Å². The van der Waals surface area contributed by atoms with Crippen LogP contribution in [-0.4, -0.2) is 30.1 Å². The third kappa shape index (κ3) is 6.62. The van der Waals surface area contributed by atoms with E-state index in [2.05, 4.69) is 75.2 Å². The zero-order chi connectivity index (χ0) is 15.7. The van der Waals surface area contributed by atoms with Crippen molar-refractivity contribution < 1.29 is 0 Å². The molecule has 0 bridgehead atoms. The monoisotopic (exact) mass is 290 g/mol. The fourth-order valence-electron chi connectivity index (χ4n) is 2.96. The molecule has 0 radical (unpaired) electrons. The molecule has 0 amide bonds. The second-order valence-corrected chi connectivity index (χ2v) is 6.48. The Bertz CT molecular complexity index is 351. The van der Waals surface area contributed by atoms with Crippen molar-refractivity contribution in [2.45, 2.75) is 72.0 Å². The van der Waals surface area contributed by atoms with E-state index in [0.29, 0.717) is 18.1 Å². The maximum absolute atomic E-state index is 3.77. The average Bonchev–Trinajstić information content (AvgIpc) is 2.46. The highest BCUT2D eigenvalue weighted by molar-refractivity contribution is 5.18. The topological polar surface area (TPSA) is 15.3 Å². The van der Waals surface area contributed by atoms with Gasteiger partial charge in [0.05, 0.1) is 0 Å². The smallest absolute Gasteiger partial charge is 0.0320 e. The summed E-state index contributed by atoms with van der Waals surface area (Å²) in [7, 11) is 0. The van der Waals surface area contributed by atoms with E-state index in [1.54, 1.807) is 0 Å². The molecular weight excluding hydrogens is 256 g/mol. The van der Waals surface area contributed by atoms with Gasteiger partial charge in [-0.05, 0) is 39.7 Å². The maximum atomic E-state index is 3.77. The Kier molecular flexibility index (Phi) is 8.63. The fraction of sp³-hybridized carbons (Fsp3) is 0.684. The van der Waals surface area contributed by atoms with Gasteiger partial charge >= 0.3 is 0 Å². The molecule has 1 N–H and O–H groups in total. The number of hydrogen-bond acceptors (Lipinski definition) is 2. The molecule has 0 aliphatic heterocycles. The predicted octanol–water partition coefficient (Wildman–Crippen LogP) is 4.63. The normalized spacial score (nSPS) is 13.3. The first-order valence-corrected chi connectivity index (χ1v) is 8.60. The van der Waals surface area contributed by atoms with Gasteiger partial charge < -0.3 is 5.32 Å². The molecule has 1 aromatic carbocycles. The molecule has 0 heterocycles. The van der Waals surface area contributed by atoms with Crippen molar-refractivity contribution in [1.82, 2.24) is 10.2 Å². The van der Waals surface area contributed by atoms with Gasteiger partial charge in [0, 0.05) is 31.2 Å². The Morgan fingerprint density at radius 2 is 1.62 bits per heavy atom. The highest BCUT2D eigenvalue weighted by Crippen LogP contribution is 2.19. The predicted molar refractivity (Wildman–Crippen MR) is 93.7 cm³/mol. The first kappa shape index (κ1) is 18.2. The summed E-state index contributed by atoms with van der Waals surface area (Å²) >= 11 is 0. The van der Waals surface area contributed by atoms with Crippen molar-refractivity contribution in [2.75, 3.05) is 13.1 Å². The van der Waals surface area contributed by atoms with Crippen LogP contribution in [0.2, 0.25) is 0 Å². The summed E-state index contributed by atoms with van der Waals surface area (Å²) in [6.45, 7) is 13.6. The van der Waals surface area contributed by atoms with Gasteiger partial charge in [-0.1, -0.05) is 50.1 Å². The van der Waals surface area contributed by atoms with Crippen LogP contribution in [0.25, 0.3) is 0 Å². The summed E-state index contributed by atoms with van der Waals surface area (Å²) in [5.74, 6) is 0. The van der Waals surface area contributed by atoms with Crippen LogP contribution in [0.15, 0.2) is 30.3 Å². The van der Waals surface area contributed by atoms with Crippen molar-refractivity contribution in [2.24, 2.45) is 0 Å². The van der Waals surface area contributed by atoms with E-state index in [1.807, 2.05) is 0 Å². The van der Waals surface area contributed by atoms with Gasteiger partial charge in [-0.15, -0.1) is 0 Å². The molecule has 21 heavy (non-hydrogen) atoms. The number of rotatable bonds is 10. The molecule has 0 aliphatic carbocycles. The Balaban J connectivity index is 2.54. The van der Waals surface area contributed by atoms with Crippen LogP contribution in [0.4, 0.5) is 0 Å². The van der Waals surface area contributed by atoms with E-state index in [-0.39, 0.29) is 0 Å². The van der Waals surface area contributed by atoms with E-state index in [9.17, 15) is 0 Å². The lowest BCUT2D eigenvalue weighted by molar-refractivity contribution is 0.173. The number of nitrogens with zero attached hydrogens (tertiary/aromatic N) is 1. The van der Waals surface area contributed by atoms with Crippen LogP contribution in [0.3, 0.4) is 0 Å². The molecule has 0 spiro atoms. The summed E-state index contributed by atoms with van der Waals surface area (Å²) in [5, 5.41) is 3.77. The van der Waals surface area contributed by atoms with Gasteiger partial charge in [0.25, 0.3) is 0 Å². The third-order valence-electron chi connectivity index (χ3n) is 4.14. The van der Waals surface area contributed by atoms with E-state index >= 15 is 0 Å². The first-order chi connectivity index (χ1) is 10.1. The van der Waals surface area contributed by atoms with Gasteiger partial charge in [0.2, 0.25) is 0 Å². The maximum Gasteiger partial charge on any atom is 0.0320 e. The molecule has 0 saturated heterocycles. The Morgan fingerprint density at radius 1 is 1.00 bits per heavy atom. The van der Waals surface area contributed by atoms with Crippen LogP contribution < -0.4 is 5.32 Å². The highest BCUT2D eigenvalue weighted by atomic mass is 15.2. The average molecular weight is 290 g/mol. The van der Waals surface area contributed by atoms with Crippen molar-refractivity contribution in [3.63, 3.8) is 0 Å². The minimum atomic E-state index is 0.493. The van der Waals surface area contributed by atoms with E-state index in [1.165, 1.54) is 24.8 Å². The van der Waals surface area contributed by atoms with Crippen molar-refractivity contribution >= 4 is 0 Å². The van der Waals surface area contributed by atoms with Gasteiger partial charge in [-0.3, -0.25) is 4.90 Å². The molecular formula is C19H34N2. The zero-order valence-corrected chi connectivity index (χ0v) is 14.6. The van der Waals surface area contributed by atoms with Gasteiger partial charge in [0.15, 0.2) is 0 Å². The molecule has 2 heteroatoms. The summed E-state index contributed by atoms with van der Waals surface area (Å²) in [4.78, 5) is 2.55. The van der Waals surface area contributed by atoms with Gasteiger partial charge in [-0.2, -0.15) is 0 Å². The number of hydrogen-bond donors (Lipinski definition) is 1. The highest BCUT2D eigenvalue weighted by Gasteiger charge is 2.14. The molecule has 1 atom stereocenters. The van der Waals surface area contributed by atoms with Crippen LogP contribution in [0.1, 0.15) is 65.5 Å². The molecule has 2 nitrogen and oxygen atoms in total. The van der Waals surface area contributed by atoms with E-state index in [0.717, 1.165) is 13.1 Å². The minimum Gasteiger partial charge on any atom is -0.309 e. The zero-order valence-electron chi connectivity index (χ0n) is 14.6. The Morgan fingerprint density at radius 3 is 2.14 bits per heavy atom. The second kappa shape index (κ2) is 9.97. The first-order valence-electron chi connectivity index (χ1n) is 8.60. The van der Waals surface area contributed by atoms with Crippen LogP contribution in [0.5, 0.6) is 0 Å². The second-order valence-electron chi connectivity index (χ2n) is 6.48. The summed E-state index contributed by atoms with van der Waals surface area (Å²) < 4.78 is 0. The molecule has 0 saturated carbocycles. The molecule has 120 valence electrons. The van der Waals surface area contributed by atoms with Crippen LogP contribution >= 0.6 is 0 Å². The lowest BCUT2D eigenvalue weighted by atomic mass is 10.0. The van der Waals surface area contributed by atoms with E-state index in [4.69, 9.17) is 0 Å². The van der Waals surface area contributed by atoms with Crippen LogP contribution in [-0.2, 0) is 0 Å². The lowest BCUT2D eigenvalue weighted by Gasteiger charge is -2.31. The molecule has 0 aliphatic rings. The number of nitrogens with one attached hydrogen (secondary N) is 1. The SMILES string of the molecule is CCCCC(NCCN(C(C)C)C(C)C)c1ccccc1. The van der Waals surface area contributed by atoms with Crippen molar-refractivity contribution in [3.8, 4) is 0 Å². The molecule has 1 aromatic rings. The number of benzene rings is 1. The Labute approximate surface area is 131 Å². The standard InChI is InChI=1S/C19H34N2/c1-6-7-13-19(18-11-9-8-10-12-18)20-14-15-21(16(2)3)17(4)5/h8-12,16-17,19-20H,6-7,13-15H2,1-5H3. The fourth-order valence-corrected chi connectivity index (χ4v) is 2.96. The quantitative estimate of drug-likeness (QED) is 0.676. The van der Waals surface area contributed by atoms with Crippen molar-refractivity contribution in [3.05, 3.63) is 35.9 Å². The molecule has 1 rings (SSSR count). The Hall–Kier alpha value is -0.860. The molecule has 1 unspecified atom stereocenters. The van der Waals surface area contributed by atoms with E-state index < -0.39 is 0 Å². The largest absolute Gasteiger partial charge is 0.309 e. The van der Waals surface area contributed by atoms with Gasteiger partial charge in [-0.25, -0.2) is 0 Å². The lowest BCUT2D eigenvalue weighted by Crippen LogP contribution is -2.42. The summed E-state index contributed by atoms with van der Waals surface area (Å²) in [6, 6.07) is 12.6. The number of unbranched alkanes of at least 4 members (excludes halogenated alkanes) is 1. The molecule has 0 fully saturated rings. The summed E-state index contributed by atoms with van der Waals surface area (Å²) in [6.07, 6.45) is 3.77. The van der Waals surface area contributed by atoms with Gasteiger partial charge in [0.1, 0.15) is 0 Å². The molecule has 0 aromatic heterocycles. The minimum absolute atomic E-state index is 0.493.